The summed E-state index contributed by atoms with van der Waals surface area (Å²) in [5, 5.41) is 0. The van der Waals surface area contributed by atoms with Crippen LogP contribution >= 0.6 is 0 Å². The molecule has 4 rings (SSSR count). The van der Waals surface area contributed by atoms with Crippen LogP contribution in [0.15, 0.2) is 47.1 Å². The molecular weight excluding hydrogens is 354 g/mol. The van der Waals surface area contributed by atoms with E-state index in [1.807, 2.05) is 41.3 Å². The molecule has 2 fully saturated rings. The van der Waals surface area contributed by atoms with E-state index < -0.39 is 0 Å². The molecule has 2 saturated heterocycles. The number of hydrogen-bond acceptors (Lipinski definition) is 5. The van der Waals surface area contributed by atoms with Crippen LogP contribution < -0.4 is 4.74 Å². The quantitative estimate of drug-likeness (QED) is 0.795. The first-order valence-electron chi connectivity index (χ1n) is 10.1. The number of likely N-dealkylation sites (tertiary alicyclic amines) is 1. The Labute approximate surface area is 166 Å². The predicted molar refractivity (Wildman–Crippen MR) is 107 cm³/mol. The van der Waals surface area contributed by atoms with Crippen LogP contribution in [-0.2, 0) is 6.54 Å². The fraction of sp³-hybridized carbons (Fsp3) is 0.500. The van der Waals surface area contributed by atoms with Gasteiger partial charge in [-0.15, -0.1) is 0 Å². The number of carbonyl (C=O) groups is 1. The SMILES string of the molecule is COc1cccc(C(=O)N2CCN(C3CCN(Cc4ccco4)CC3)CC2)c1. The molecule has 1 amide bonds. The zero-order chi connectivity index (χ0) is 19.3. The number of furan rings is 1. The maximum atomic E-state index is 12.8. The first kappa shape index (κ1) is 19.0. The van der Waals surface area contributed by atoms with Gasteiger partial charge in [0.1, 0.15) is 11.5 Å². The summed E-state index contributed by atoms with van der Waals surface area (Å²) in [6, 6.07) is 12.1. The Kier molecular flexibility index (Phi) is 5.98. The van der Waals surface area contributed by atoms with E-state index in [-0.39, 0.29) is 5.91 Å². The van der Waals surface area contributed by atoms with Gasteiger partial charge in [0.2, 0.25) is 0 Å². The standard InChI is InChI=1S/C22H29N3O3/c1-27-20-5-2-4-18(16-20)22(26)25-13-11-24(12-14-25)19-7-9-23(10-8-19)17-21-6-3-15-28-21/h2-6,15-16,19H,7-14,17H2,1H3. The van der Waals surface area contributed by atoms with Gasteiger partial charge in [-0.3, -0.25) is 14.6 Å². The van der Waals surface area contributed by atoms with Crippen LogP contribution in [0.1, 0.15) is 29.0 Å². The van der Waals surface area contributed by atoms with Crippen molar-refractivity contribution in [3.8, 4) is 5.75 Å². The molecule has 0 unspecified atom stereocenters. The third kappa shape index (κ3) is 4.39. The summed E-state index contributed by atoms with van der Waals surface area (Å²) < 4.78 is 10.7. The first-order valence-corrected chi connectivity index (χ1v) is 10.1. The minimum absolute atomic E-state index is 0.104. The Balaban J connectivity index is 1.25. The van der Waals surface area contributed by atoms with Crippen molar-refractivity contribution in [2.45, 2.75) is 25.4 Å². The van der Waals surface area contributed by atoms with Gasteiger partial charge in [-0.05, 0) is 43.2 Å². The number of methoxy groups -OCH3 is 1. The van der Waals surface area contributed by atoms with Crippen molar-refractivity contribution in [3.63, 3.8) is 0 Å². The van der Waals surface area contributed by atoms with Gasteiger partial charge in [0.15, 0.2) is 0 Å². The molecule has 3 heterocycles. The highest BCUT2D eigenvalue weighted by molar-refractivity contribution is 5.94. The van der Waals surface area contributed by atoms with E-state index in [2.05, 4.69) is 9.80 Å². The highest BCUT2D eigenvalue weighted by atomic mass is 16.5. The molecule has 150 valence electrons. The fourth-order valence-electron chi connectivity index (χ4n) is 4.29. The van der Waals surface area contributed by atoms with Crippen LogP contribution in [0, 0.1) is 0 Å². The number of piperazine rings is 1. The van der Waals surface area contributed by atoms with E-state index in [1.165, 1.54) is 12.8 Å². The van der Waals surface area contributed by atoms with Crippen LogP contribution in [0.25, 0.3) is 0 Å². The second-order valence-electron chi connectivity index (χ2n) is 7.65. The van der Waals surface area contributed by atoms with Crippen molar-refractivity contribution >= 4 is 5.91 Å². The number of amides is 1. The average Bonchev–Trinajstić information content (AvgIpc) is 3.27. The lowest BCUT2D eigenvalue weighted by atomic mass is 10.0. The normalized spacial score (nSPS) is 19.7. The lowest BCUT2D eigenvalue weighted by molar-refractivity contribution is 0.0438. The summed E-state index contributed by atoms with van der Waals surface area (Å²) in [6.45, 7) is 6.62. The third-order valence-electron chi connectivity index (χ3n) is 5.95. The van der Waals surface area contributed by atoms with E-state index in [1.54, 1.807) is 13.4 Å². The Hall–Kier alpha value is -2.31. The second-order valence-corrected chi connectivity index (χ2v) is 7.65. The van der Waals surface area contributed by atoms with Crippen molar-refractivity contribution in [2.75, 3.05) is 46.4 Å². The van der Waals surface area contributed by atoms with Crippen molar-refractivity contribution in [2.24, 2.45) is 0 Å². The van der Waals surface area contributed by atoms with E-state index in [9.17, 15) is 4.79 Å². The summed E-state index contributed by atoms with van der Waals surface area (Å²) in [5.74, 6) is 1.88. The van der Waals surface area contributed by atoms with Gasteiger partial charge in [0, 0.05) is 50.9 Å². The zero-order valence-corrected chi connectivity index (χ0v) is 16.5. The highest BCUT2D eigenvalue weighted by Gasteiger charge is 2.29. The Morgan fingerprint density at radius 1 is 1.07 bits per heavy atom. The molecule has 6 heteroatoms. The minimum Gasteiger partial charge on any atom is -0.497 e. The average molecular weight is 383 g/mol. The predicted octanol–water partition coefficient (Wildman–Crippen LogP) is 2.71. The van der Waals surface area contributed by atoms with Crippen molar-refractivity contribution in [1.29, 1.82) is 0 Å². The molecule has 28 heavy (non-hydrogen) atoms. The summed E-state index contributed by atoms with van der Waals surface area (Å²) in [5.41, 5.74) is 0.707. The lowest BCUT2D eigenvalue weighted by Gasteiger charge is -2.42. The van der Waals surface area contributed by atoms with Gasteiger partial charge in [-0.2, -0.15) is 0 Å². The van der Waals surface area contributed by atoms with E-state index in [0.29, 0.717) is 11.6 Å². The van der Waals surface area contributed by atoms with Crippen molar-refractivity contribution in [1.82, 2.24) is 14.7 Å². The Morgan fingerprint density at radius 2 is 1.86 bits per heavy atom. The van der Waals surface area contributed by atoms with Crippen LogP contribution in [0.2, 0.25) is 0 Å². The van der Waals surface area contributed by atoms with Crippen LogP contribution in [-0.4, -0.2) is 73.0 Å². The molecule has 0 radical (unpaired) electrons. The van der Waals surface area contributed by atoms with Gasteiger partial charge in [0.25, 0.3) is 5.91 Å². The molecule has 2 aliphatic rings. The molecule has 0 saturated carbocycles. The summed E-state index contributed by atoms with van der Waals surface area (Å²) >= 11 is 0. The van der Waals surface area contributed by atoms with Crippen molar-refractivity contribution < 1.29 is 13.9 Å². The molecule has 2 aliphatic heterocycles. The smallest absolute Gasteiger partial charge is 0.254 e. The number of nitrogens with zero attached hydrogens (tertiary/aromatic N) is 3. The molecule has 0 bridgehead atoms. The Bertz CT molecular complexity index is 761. The maximum Gasteiger partial charge on any atom is 0.254 e. The monoisotopic (exact) mass is 383 g/mol. The summed E-state index contributed by atoms with van der Waals surface area (Å²) in [7, 11) is 1.63. The zero-order valence-electron chi connectivity index (χ0n) is 16.5. The molecule has 0 aliphatic carbocycles. The molecule has 1 aromatic heterocycles. The van der Waals surface area contributed by atoms with E-state index in [4.69, 9.17) is 9.15 Å². The molecule has 1 aromatic carbocycles. The summed E-state index contributed by atoms with van der Waals surface area (Å²) in [4.78, 5) is 19.8. The highest BCUT2D eigenvalue weighted by Crippen LogP contribution is 2.21. The van der Waals surface area contributed by atoms with Gasteiger partial charge < -0.3 is 14.1 Å². The molecule has 6 nitrogen and oxygen atoms in total. The molecule has 0 atom stereocenters. The number of ether oxygens (including phenoxy) is 1. The van der Waals surface area contributed by atoms with Gasteiger partial charge in [-0.1, -0.05) is 6.07 Å². The van der Waals surface area contributed by atoms with E-state index in [0.717, 1.165) is 57.3 Å². The van der Waals surface area contributed by atoms with Gasteiger partial charge in [-0.25, -0.2) is 0 Å². The van der Waals surface area contributed by atoms with E-state index >= 15 is 0 Å². The fourth-order valence-corrected chi connectivity index (χ4v) is 4.29. The summed E-state index contributed by atoms with van der Waals surface area (Å²) in [6.07, 6.45) is 4.11. The van der Waals surface area contributed by atoms with Gasteiger partial charge >= 0.3 is 0 Å². The molecule has 0 N–H and O–H groups in total. The largest absolute Gasteiger partial charge is 0.497 e. The molecular formula is C22H29N3O3. The minimum atomic E-state index is 0.104. The molecule has 0 spiro atoms. The number of hydrogen-bond donors (Lipinski definition) is 0. The van der Waals surface area contributed by atoms with Crippen LogP contribution in [0.4, 0.5) is 0 Å². The number of benzene rings is 1. The Morgan fingerprint density at radius 3 is 2.54 bits per heavy atom. The number of piperidine rings is 1. The maximum absolute atomic E-state index is 12.8. The van der Waals surface area contributed by atoms with Crippen molar-refractivity contribution in [3.05, 3.63) is 54.0 Å². The van der Waals surface area contributed by atoms with Crippen LogP contribution in [0.5, 0.6) is 5.75 Å². The third-order valence-corrected chi connectivity index (χ3v) is 5.95. The van der Waals surface area contributed by atoms with Crippen LogP contribution in [0.3, 0.4) is 0 Å². The van der Waals surface area contributed by atoms with Gasteiger partial charge in [0.05, 0.1) is 19.9 Å². The second kappa shape index (κ2) is 8.80. The number of rotatable bonds is 5. The topological polar surface area (TPSA) is 49.2 Å². The lowest BCUT2D eigenvalue weighted by Crippen LogP contribution is -2.54. The molecule has 2 aromatic rings. The first-order chi connectivity index (χ1) is 13.7. The number of carbonyl (C=O) groups excluding carboxylic acids is 1.